The molecule has 0 spiro atoms. The van der Waals surface area contributed by atoms with E-state index in [-0.39, 0.29) is 17.0 Å². The molecular weight excluding hydrogens is 299 g/mol. The molecule has 0 radical (unpaired) electrons. The van der Waals surface area contributed by atoms with E-state index in [0.29, 0.717) is 0 Å². The number of halogens is 2. The van der Waals surface area contributed by atoms with Gasteiger partial charge in [0, 0.05) is 20.3 Å². The lowest BCUT2D eigenvalue weighted by Crippen LogP contribution is -2.20. The summed E-state index contributed by atoms with van der Waals surface area (Å²) in [5.74, 6) is -0.910. The lowest BCUT2D eigenvalue weighted by atomic mass is 10.1. The van der Waals surface area contributed by atoms with Gasteiger partial charge in [0.1, 0.15) is 5.82 Å². The summed E-state index contributed by atoms with van der Waals surface area (Å²) < 4.78 is 13.5. The van der Waals surface area contributed by atoms with Gasteiger partial charge in [-0.3, -0.25) is 4.79 Å². The van der Waals surface area contributed by atoms with E-state index in [4.69, 9.17) is 11.6 Å². The summed E-state index contributed by atoms with van der Waals surface area (Å²) in [6.45, 7) is 1.99. The summed E-state index contributed by atoms with van der Waals surface area (Å²) in [5.41, 5.74) is 2.53. The van der Waals surface area contributed by atoms with Crippen LogP contribution in [0.5, 0.6) is 0 Å². The number of nitrogens with one attached hydrogen (secondary N) is 1. The number of aryl methyl sites for hydroxylation is 1. The van der Waals surface area contributed by atoms with Gasteiger partial charge in [-0.25, -0.2) is 9.82 Å². The molecule has 1 N–H and O–H groups in total. The van der Waals surface area contributed by atoms with Gasteiger partial charge in [-0.05, 0) is 31.2 Å². The Morgan fingerprint density at radius 1 is 1.45 bits per heavy atom. The van der Waals surface area contributed by atoms with E-state index in [0.717, 1.165) is 9.75 Å². The van der Waals surface area contributed by atoms with Crippen LogP contribution in [0.4, 0.5) is 4.39 Å². The van der Waals surface area contributed by atoms with Crippen molar-refractivity contribution in [2.24, 2.45) is 5.10 Å². The Balaban J connectivity index is 1.94. The minimum atomic E-state index is -0.495. The highest BCUT2D eigenvalue weighted by atomic mass is 35.5. The van der Waals surface area contributed by atoms with Crippen molar-refractivity contribution in [3.8, 4) is 0 Å². The van der Waals surface area contributed by atoms with Crippen LogP contribution in [-0.2, 0) is 11.2 Å². The number of benzene rings is 1. The van der Waals surface area contributed by atoms with Crippen LogP contribution in [0.1, 0.15) is 15.3 Å². The summed E-state index contributed by atoms with van der Waals surface area (Å²) in [6.07, 6.45) is 1.41. The molecule has 6 heteroatoms. The number of hydrogen-bond acceptors (Lipinski definition) is 3. The minimum absolute atomic E-state index is 0.147. The fraction of sp³-hybridized carbons (Fsp3) is 0.143. The lowest BCUT2D eigenvalue weighted by Gasteiger charge is -2.04. The van der Waals surface area contributed by atoms with Crippen LogP contribution < -0.4 is 5.43 Å². The molecule has 0 saturated heterocycles. The van der Waals surface area contributed by atoms with Crippen LogP contribution in [0.25, 0.3) is 0 Å². The van der Waals surface area contributed by atoms with Crippen LogP contribution in [0.2, 0.25) is 5.02 Å². The van der Waals surface area contributed by atoms with Gasteiger partial charge in [-0.15, -0.1) is 11.3 Å². The fourth-order valence-corrected chi connectivity index (χ4v) is 2.57. The monoisotopic (exact) mass is 310 g/mol. The number of hydrogen-bond donors (Lipinski definition) is 1. The molecule has 0 fully saturated rings. The highest BCUT2D eigenvalue weighted by molar-refractivity contribution is 7.13. The Kier molecular flexibility index (Phi) is 4.87. The second-order valence-electron chi connectivity index (χ2n) is 4.12. The average molecular weight is 311 g/mol. The van der Waals surface area contributed by atoms with Crippen molar-refractivity contribution in [3.05, 3.63) is 56.5 Å². The molecule has 3 nitrogen and oxygen atoms in total. The summed E-state index contributed by atoms with van der Waals surface area (Å²) in [5, 5.41) is 4.06. The van der Waals surface area contributed by atoms with E-state index in [1.165, 1.54) is 12.1 Å². The predicted octanol–water partition coefficient (Wildman–Crippen LogP) is 3.54. The van der Waals surface area contributed by atoms with Gasteiger partial charge in [-0.2, -0.15) is 5.10 Å². The van der Waals surface area contributed by atoms with E-state index >= 15 is 0 Å². The van der Waals surface area contributed by atoms with Gasteiger partial charge in [0.2, 0.25) is 5.91 Å². The quantitative estimate of drug-likeness (QED) is 0.681. The van der Waals surface area contributed by atoms with Gasteiger partial charge in [-0.1, -0.05) is 17.7 Å². The summed E-state index contributed by atoms with van der Waals surface area (Å²) in [7, 11) is 0. The standard InChI is InChI=1S/C14H12ClFN2OS/c1-9-5-6-10(20-9)8-17-18-14(19)7-11-12(15)3-2-4-13(11)16/h2-6,8H,7H2,1H3,(H,18,19)/b17-8+. The first kappa shape index (κ1) is 14.7. The van der Waals surface area contributed by atoms with Crippen LogP contribution in [-0.4, -0.2) is 12.1 Å². The molecule has 1 amide bonds. The van der Waals surface area contributed by atoms with Crippen molar-refractivity contribution in [3.63, 3.8) is 0 Å². The van der Waals surface area contributed by atoms with E-state index in [1.54, 1.807) is 23.6 Å². The molecule has 0 aliphatic carbocycles. The number of carbonyl (C=O) groups is 1. The largest absolute Gasteiger partial charge is 0.273 e. The van der Waals surface area contributed by atoms with Crippen LogP contribution in [0.15, 0.2) is 35.4 Å². The topological polar surface area (TPSA) is 41.5 Å². The molecule has 0 aliphatic heterocycles. The maximum atomic E-state index is 13.5. The predicted molar refractivity (Wildman–Crippen MR) is 79.9 cm³/mol. The van der Waals surface area contributed by atoms with Gasteiger partial charge >= 0.3 is 0 Å². The number of nitrogens with zero attached hydrogens (tertiary/aromatic N) is 1. The van der Waals surface area contributed by atoms with Crippen molar-refractivity contribution in [1.82, 2.24) is 5.43 Å². The molecule has 20 heavy (non-hydrogen) atoms. The van der Waals surface area contributed by atoms with E-state index in [2.05, 4.69) is 10.5 Å². The van der Waals surface area contributed by atoms with Crippen molar-refractivity contribution in [1.29, 1.82) is 0 Å². The number of hydrazone groups is 1. The zero-order chi connectivity index (χ0) is 14.5. The Hall–Kier alpha value is -1.72. The van der Waals surface area contributed by atoms with Crippen molar-refractivity contribution < 1.29 is 9.18 Å². The number of thiophene rings is 1. The number of amides is 1. The molecular formula is C14H12ClFN2OS. The van der Waals surface area contributed by atoms with Gasteiger partial charge in [0.15, 0.2) is 0 Å². The minimum Gasteiger partial charge on any atom is -0.273 e. The molecule has 0 saturated carbocycles. The molecule has 0 atom stereocenters. The number of rotatable bonds is 4. The van der Waals surface area contributed by atoms with Gasteiger partial charge < -0.3 is 0 Å². The molecule has 0 bridgehead atoms. The molecule has 1 aromatic heterocycles. The normalized spacial score (nSPS) is 10.9. The third-order valence-corrected chi connectivity index (χ3v) is 3.83. The molecule has 2 rings (SSSR count). The van der Waals surface area contributed by atoms with Crippen molar-refractivity contribution in [2.75, 3.05) is 0 Å². The summed E-state index contributed by atoms with van der Waals surface area (Å²) in [4.78, 5) is 13.8. The van der Waals surface area contributed by atoms with Gasteiger partial charge in [0.05, 0.1) is 12.6 Å². The zero-order valence-corrected chi connectivity index (χ0v) is 12.3. The van der Waals surface area contributed by atoms with Gasteiger partial charge in [0.25, 0.3) is 0 Å². The molecule has 0 aliphatic rings. The fourth-order valence-electron chi connectivity index (χ4n) is 1.59. The van der Waals surface area contributed by atoms with E-state index < -0.39 is 11.7 Å². The average Bonchev–Trinajstić information content (AvgIpc) is 2.80. The third-order valence-electron chi connectivity index (χ3n) is 2.54. The maximum absolute atomic E-state index is 13.5. The molecule has 1 heterocycles. The van der Waals surface area contributed by atoms with Crippen LogP contribution in [0.3, 0.4) is 0 Å². The zero-order valence-electron chi connectivity index (χ0n) is 10.7. The smallest absolute Gasteiger partial charge is 0.244 e. The number of carbonyl (C=O) groups excluding carboxylic acids is 1. The Labute approximate surface area is 125 Å². The first-order valence-electron chi connectivity index (χ1n) is 5.87. The second-order valence-corrected chi connectivity index (χ2v) is 5.85. The summed E-state index contributed by atoms with van der Waals surface area (Å²) >= 11 is 7.42. The first-order valence-corrected chi connectivity index (χ1v) is 7.07. The van der Waals surface area contributed by atoms with E-state index in [1.807, 2.05) is 19.1 Å². The molecule has 0 unspecified atom stereocenters. The SMILES string of the molecule is Cc1ccc(/C=N/NC(=O)Cc2c(F)cccc2Cl)s1. The second kappa shape index (κ2) is 6.63. The van der Waals surface area contributed by atoms with E-state index in [9.17, 15) is 9.18 Å². The Morgan fingerprint density at radius 3 is 2.90 bits per heavy atom. The Morgan fingerprint density at radius 2 is 2.25 bits per heavy atom. The Bertz CT molecular complexity index is 634. The third kappa shape index (κ3) is 3.88. The molecule has 1 aromatic carbocycles. The maximum Gasteiger partial charge on any atom is 0.244 e. The highest BCUT2D eigenvalue weighted by Crippen LogP contribution is 2.19. The van der Waals surface area contributed by atoms with Crippen molar-refractivity contribution in [2.45, 2.75) is 13.3 Å². The molecule has 104 valence electrons. The molecule has 2 aromatic rings. The summed E-state index contributed by atoms with van der Waals surface area (Å²) in [6, 6.07) is 8.18. The van der Waals surface area contributed by atoms with Crippen molar-refractivity contribution >= 4 is 35.1 Å². The lowest BCUT2D eigenvalue weighted by molar-refractivity contribution is -0.120. The highest BCUT2D eigenvalue weighted by Gasteiger charge is 2.11. The van der Waals surface area contributed by atoms with Crippen LogP contribution in [0, 0.1) is 12.7 Å². The first-order chi connectivity index (χ1) is 9.56. The van der Waals surface area contributed by atoms with Crippen LogP contribution >= 0.6 is 22.9 Å².